The van der Waals surface area contributed by atoms with E-state index in [2.05, 4.69) is 22.3 Å². The molecule has 1 saturated heterocycles. The van der Waals surface area contributed by atoms with Crippen LogP contribution in [0.5, 0.6) is 0 Å². The summed E-state index contributed by atoms with van der Waals surface area (Å²) >= 11 is 0. The molecule has 0 aliphatic carbocycles. The molecule has 2 aromatic rings. The third kappa shape index (κ3) is 2.70. The summed E-state index contributed by atoms with van der Waals surface area (Å²) in [5, 5.41) is 9.02. The molecule has 1 N–H and O–H groups in total. The maximum absolute atomic E-state index is 11.4. The van der Waals surface area contributed by atoms with Crippen molar-refractivity contribution in [1.29, 1.82) is 0 Å². The van der Waals surface area contributed by atoms with Gasteiger partial charge < -0.3 is 10.2 Å². The normalized spacial score (nSPS) is 16.4. The first kappa shape index (κ1) is 13.9. The summed E-state index contributed by atoms with van der Waals surface area (Å²) in [5.41, 5.74) is 2.00. The van der Waals surface area contributed by atoms with E-state index in [0.717, 1.165) is 49.2 Å². The summed E-state index contributed by atoms with van der Waals surface area (Å²) in [7, 11) is 0. The van der Waals surface area contributed by atoms with Gasteiger partial charge in [-0.25, -0.2) is 9.67 Å². The molecule has 0 spiro atoms. The topological polar surface area (TPSA) is 63.1 Å². The summed E-state index contributed by atoms with van der Waals surface area (Å²) in [6.45, 7) is 6.17. The molecule has 1 aliphatic rings. The van der Waals surface area contributed by atoms with Gasteiger partial charge in [0.2, 0.25) is 5.91 Å². The van der Waals surface area contributed by atoms with Crippen LogP contribution in [0.2, 0.25) is 0 Å². The van der Waals surface area contributed by atoms with Gasteiger partial charge in [-0.2, -0.15) is 5.10 Å². The van der Waals surface area contributed by atoms with E-state index in [9.17, 15) is 4.79 Å². The zero-order chi connectivity index (χ0) is 14.8. The lowest BCUT2D eigenvalue weighted by Gasteiger charge is -2.32. The zero-order valence-corrected chi connectivity index (χ0v) is 12.5. The minimum Gasteiger partial charge on any atom is -0.381 e. The minimum absolute atomic E-state index is 0.170. The van der Waals surface area contributed by atoms with Crippen molar-refractivity contribution in [2.24, 2.45) is 0 Å². The van der Waals surface area contributed by atoms with Crippen molar-refractivity contribution in [3.05, 3.63) is 18.5 Å². The van der Waals surface area contributed by atoms with Gasteiger partial charge in [0.05, 0.1) is 11.6 Å². The number of aryl methyl sites for hydroxylation is 1. The van der Waals surface area contributed by atoms with E-state index in [4.69, 9.17) is 0 Å². The van der Waals surface area contributed by atoms with Crippen LogP contribution in [0.25, 0.3) is 11.0 Å². The fourth-order valence-electron chi connectivity index (χ4n) is 2.89. The molecular weight excluding hydrogens is 266 g/mol. The van der Waals surface area contributed by atoms with Gasteiger partial charge in [0.15, 0.2) is 5.65 Å². The van der Waals surface area contributed by atoms with Crippen LogP contribution in [-0.2, 0) is 11.3 Å². The second-order valence-corrected chi connectivity index (χ2v) is 5.48. The Labute approximate surface area is 124 Å². The highest BCUT2D eigenvalue weighted by atomic mass is 16.2. The predicted molar refractivity (Wildman–Crippen MR) is 82.1 cm³/mol. The number of carbonyl (C=O) groups excluding carboxylic acids is 1. The van der Waals surface area contributed by atoms with E-state index in [-0.39, 0.29) is 5.91 Å². The number of anilines is 1. The second kappa shape index (κ2) is 5.71. The number of rotatable bonds is 3. The maximum Gasteiger partial charge on any atom is 0.219 e. The molecule has 1 fully saturated rings. The van der Waals surface area contributed by atoms with Crippen molar-refractivity contribution in [2.75, 3.05) is 18.4 Å². The Morgan fingerprint density at radius 1 is 1.43 bits per heavy atom. The number of nitrogens with one attached hydrogen (secondary N) is 1. The highest BCUT2D eigenvalue weighted by molar-refractivity contribution is 5.88. The number of hydrogen-bond donors (Lipinski definition) is 1. The molecule has 6 heteroatoms. The Hall–Kier alpha value is -2.11. The van der Waals surface area contributed by atoms with Gasteiger partial charge in [-0.05, 0) is 25.8 Å². The largest absolute Gasteiger partial charge is 0.381 e. The molecule has 1 amide bonds. The Bertz CT molecular complexity index is 643. The monoisotopic (exact) mass is 287 g/mol. The van der Waals surface area contributed by atoms with Crippen molar-refractivity contribution in [3.63, 3.8) is 0 Å². The molecule has 0 aromatic carbocycles. The highest BCUT2D eigenvalue weighted by Gasteiger charge is 2.21. The highest BCUT2D eigenvalue weighted by Crippen LogP contribution is 2.24. The predicted octanol–water partition coefficient (Wildman–Crippen LogP) is 1.87. The zero-order valence-electron chi connectivity index (χ0n) is 12.5. The Morgan fingerprint density at radius 2 is 2.19 bits per heavy atom. The smallest absolute Gasteiger partial charge is 0.219 e. The van der Waals surface area contributed by atoms with Crippen LogP contribution in [0.15, 0.2) is 18.5 Å². The number of piperidine rings is 1. The maximum atomic E-state index is 11.4. The summed E-state index contributed by atoms with van der Waals surface area (Å²) in [5.74, 6) is 0.170. The Balaban J connectivity index is 1.74. The van der Waals surface area contributed by atoms with Crippen LogP contribution in [0, 0.1) is 0 Å². The van der Waals surface area contributed by atoms with Crippen LogP contribution in [-0.4, -0.2) is 44.7 Å². The minimum atomic E-state index is 0.170. The number of fused-ring (bicyclic) bond motifs is 1. The molecule has 3 heterocycles. The molecule has 6 nitrogen and oxygen atoms in total. The van der Waals surface area contributed by atoms with Gasteiger partial charge >= 0.3 is 0 Å². The fraction of sp³-hybridized carbons (Fsp3) is 0.533. The third-order valence-corrected chi connectivity index (χ3v) is 4.14. The van der Waals surface area contributed by atoms with Gasteiger partial charge in [0.25, 0.3) is 0 Å². The number of nitrogens with zero attached hydrogens (tertiary/aromatic N) is 4. The Morgan fingerprint density at radius 3 is 2.86 bits per heavy atom. The van der Waals surface area contributed by atoms with Crippen molar-refractivity contribution < 1.29 is 4.79 Å². The van der Waals surface area contributed by atoms with E-state index in [0.29, 0.717) is 6.04 Å². The van der Waals surface area contributed by atoms with E-state index < -0.39 is 0 Å². The molecule has 112 valence electrons. The number of aromatic nitrogens is 3. The number of amides is 1. The van der Waals surface area contributed by atoms with Crippen molar-refractivity contribution >= 4 is 22.6 Å². The van der Waals surface area contributed by atoms with Crippen molar-refractivity contribution in [1.82, 2.24) is 19.7 Å². The molecule has 21 heavy (non-hydrogen) atoms. The first-order chi connectivity index (χ1) is 10.2. The van der Waals surface area contributed by atoms with Gasteiger partial charge in [0.1, 0.15) is 0 Å². The van der Waals surface area contributed by atoms with Gasteiger partial charge in [-0.15, -0.1) is 0 Å². The molecule has 1 aliphatic heterocycles. The van der Waals surface area contributed by atoms with Gasteiger partial charge in [-0.1, -0.05) is 0 Å². The van der Waals surface area contributed by atoms with E-state index in [1.807, 2.05) is 28.0 Å². The standard InChI is InChI=1S/C15H21N5O/c1-3-20-15-13(10-17-20)14(4-7-16-15)18-12-5-8-19(9-6-12)11(2)21/h4,7,10,12H,3,5-6,8-9H2,1-2H3,(H,16,18). The quantitative estimate of drug-likeness (QED) is 0.936. The molecule has 0 saturated carbocycles. The lowest BCUT2D eigenvalue weighted by atomic mass is 10.0. The number of carbonyl (C=O) groups is 1. The second-order valence-electron chi connectivity index (χ2n) is 5.48. The number of likely N-dealkylation sites (tertiary alicyclic amines) is 1. The van der Waals surface area contributed by atoms with Crippen LogP contribution in [0.3, 0.4) is 0 Å². The lowest BCUT2D eigenvalue weighted by Crippen LogP contribution is -2.41. The Kier molecular flexibility index (Phi) is 3.77. The van der Waals surface area contributed by atoms with Crippen LogP contribution >= 0.6 is 0 Å². The number of pyridine rings is 1. The molecule has 0 atom stereocenters. The van der Waals surface area contributed by atoms with Crippen molar-refractivity contribution in [2.45, 2.75) is 39.3 Å². The van der Waals surface area contributed by atoms with Crippen LogP contribution in [0.1, 0.15) is 26.7 Å². The van der Waals surface area contributed by atoms with Gasteiger partial charge in [-0.3, -0.25) is 4.79 Å². The van der Waals surface area contributed by atoms with Crippen molar-refractivity contribution in [3.8, 4) is 0 Å². The van der Waals surface area contributed by atoms with Crippen LogP contribution in [0.4, 0.5) is 5.69 Å². The summed E-state index contributed by atoms with van der Waals surface area (Å²) in [4.78, 5) is 17.7. The van der Waals surface area contributed by atoms with E-state index in [1.54, 1.807) is 6.92 Å². The molecule has 2 aromatic heterocycles. The molecule has 0 unspecified atom stereocenters. The van der Waals surface area contributed by atoms with Crippen LogP contribution < -0.4 is 5.32 Å². The molecule has 3 rings (SSSR count). The average Bonchev–Trinajstić information content (AvgIpc) is 2.92. The van der Waals surface area contributed by atoms with E-state index >= 15 is 0 Å². The summed E-state index contributed by atoms with van der Waals surface area (Å²) in [6, 6.07) is 2.40. The average molecular weight is 287 g/mol. The molecule has 0 bridgehead atoms. The van der Waals surface area contributed by atoms with Gasteiger partial charge in [0, 0.05) is 44.5 Å². The first-order valence-electron chi connectivity index (χ1n) is 7.51. The third-order valence-electron chi connectivity index (χ3n) is 4.14. The first-order valence-corrected chi connectivity index (χ1v) is 7.51. The molecular formula is C15H21N5O. The van der Waals surface area contributed by atoms with E-state index in [1.165, 1.54) is 0 Å². The lowest BCUT2D eigenvalue weighted by molar-refractivity contribution is -0.129. The molecule has 0 radical (unpaired) electrons. The fourth-order valence-corrected chi connectivity index (χ4v) is 2.89. The summed E-state index contributed by atoms with van der Waals surface area (Å²) in [6.07, 6.45) is 5.65. The number of hydrogen-bond acceptors (Lipinski definition) is 4. The summed E-state index contributed by atoms with van der Waals surface area (Å²) < 4.78 is 1.90. The SMILES string of the molecule is CCn1ncc2c(NC3CCN(C(C)=O)CC3)ccnc21.